The average molecular weight is 361 g/mol. The highest BCUT2D eigenvalue weighted by molar-refractivity contribution is 5.74. The Morgan fingerprint density at radius 1 is 1.04 bits per heavy atom. The first kappa shape index (κ1) is 16.6. The molecule has 1 fully saturated rings. The van der Waals surface area contributed by atoms with Gasteiger partial charge in [-0.05, 0) is 19.1 Å². The number of nitrogens with one attached hydrogen (secondary N) is 2. The highest BCUT2D eigenvalue weighted by Gasteiger charge is 2.23. The van der Waals surface area contributed by atoms with Gasteiger partial charge in [0.05, 0.1) is 26.2 Å². The number of quaternary nitrogens is 1. The Morgan fingerprint density at radius 2 is 1.81 bits per heavy atom. The van der Waals surface area contributed by atoms with Crippen LogP contribution in [0, 0.1) is 6.92 Å². The van der Waals surface area contributed by atoms with Crippen LogP contribution in [0.5, 0.6) is 0 Å². The minimum Gasteiger partial charge on any atom is -0.335 e. The number of hydrogen-bond acceptors (Lipinski definition) is 0. The Bertz CT molecular complexity index is 1070. The van der Waals surface area contributed by atoms with E-state index in [0.29, 0.717) is 0 Å². The molecular weight excluding hydrogens is 332 g/mol. The number of fused-ring (bicyclic) bond motifs is 3. The molecule has 0 bridgehead atoms. The first-order valence-corrected chi connectivity index (χ1v) is 10.2. The summed E-state index contributed by atoms with van der Waals surface area (Å²) < 4.78 is 4.79. The highest BCUT2D eigenvalue weighted by atomic mass is 15.2. The van der Waals surface area contributed by atoms with Gasteiger partial charge in [-0.1, -0.05) is 42.0 Å². The molecule has 1 aliphatic rings. The maximum Gasteiger partial charge on any atom is 0.368 e. The first-order chi connectivity index (χ1) is 13.3. The number of nitrogens with zero attached hydrogens (tertiary/aromatic N) is 2. The zero-order chi connectivity index (χ0) is 18.2. The molecule has 4 heteroatoms. The highest BCUT2D eigenvalue weighted by Crippen LogP contribution is 2.23. The van der Waals surface area contributed by atoms with Crippen LogP contribution < -0.4 is 9.30 Å². The molecule has 0 aliphatic carbocycles. The fourth-order valence-electron chi connectivity index (χ4n) is 4.51. The van der Waals surface area contributed by atoms with Crippen LogP contribution in [-0.4, -0.2) is 29.2 Å². The lowest BCUT2D eigenvalue weighted by atomic mass is 10.1. The third-order valence-corrected chi connectivity index (χ3v) is 6.01. The molecule has 0 radical (unpaired) electrons. The van der Waals surface area contributed by atoms with Gasteiger partial charge in [-0.2, -0.15) is 4.40 Å². The van der Waals surface area contributed by atoms with Crippen molar-refractivity contribution in [2.24, 2.45) is 0 Å². The Labute approximate surface area is 160 Å². The summed E-state index contributed by atoms with van der Waals surface area (Å²) in [5.74, 6) is 1.18. The standard InChI is InChI=1S/C23H26N4/c1-18-9-11-19(12-10-18)22-17-27-21-8-3-2-7-20(21)24-23(27)26(22)16-6-15-25-13-4-5-14-25/h2-3,7-12,17H,4-6,13-16H2,1H3/p+2. The molecule has 2 N–H and O–H groups in total. The number of aromatic nitrogens is 3. The zero-order valence-electron chi connectivity index (χ0n) is 16.0. The second-order valence-electron chi connectivity index (χ2n) is 7.93. The molecule has 0 spiro atoms. The van der Waals surface area contributed by atoms with E-state index in [1.165, 1.54) is 72.5 Å². The van der Waals surface area contributed by atoms with E-state index in [1.807, 2.05) is 0 Å². The van der Waals surface area contributed by atoms with Crippen LogP contribution in [0.2, 0.25) is 0 Å². The summed E-state index contributed by atoms with van der Waals surface area (Å²) in [5, 5.41) is 0. The van der Waals surface area contributed by atoms with Gasteiger partial charge in [0, 0.05) is 24.8 Å². The number of aromatic amines is 1. The molecule has 1 aliphatic heterocycles. The quantitative estimate of drug-likeness (QED) is 0.513. The van der Waals surface area contributed by atoms with Crippen molar-refractivity contribution in [3.8, 4) is 11.3 Å². The van der Waals surface area contributed by atoms with E-state index in [-0.39, 0.29) is 0 Å². The van der Waals surface area contributed by atoms with Crippen molar-refractivity contribution in [2.75, 3.05) is 19.6 Å². The smallest absolute Gasteiger partial charge is 0.335 e. The van der Waals surface area contributed by atoms with Gasteiger partial charge in [-0.15, -0.1) is 0 Å². The fraction of sp³-hybridized carbons (Fsp3) is 0.348. The van der Waals surface area contributed by atoms with E-state index in [9.17, 15) is 0 Å². The topological polar surface area (TPSA) is 29.3 Å². The van der Waals surface area contributed by atoms with Gasteiger partial charge >= 0.3 is 5.78 Å². The van der Waals surface area contributed by atoms with Crippen molar-refractivity contribution in [1.29, 1.82) is 0 Å². The second-order valence-corrected chi connectivity index (χ2v) is 7.93. The van der Waals surface area contributed by atoms with Gasteiger partial charge in [0.2, 0.25) is 0 Å². The largest absolute Gasteiger partial charge is 0.368 e. The van der Waals surface area contributed by atoms with E-state index >= 15 is 0 Å². The third kappa shape index (κ3) is 3.04. The van der Waals surface area contributed by atoms with Gasteiger partial charge in [0.15, 0.2) is 0 Å². The van der Waals surface area contributed by atoms with Gasteiger partial charge < -0.3 is 4.90 Å². The normalized spacial score (nSPS) is 15.3. The van der Waals surface area contributed by atoms with Crippen LogP contribution in [0.25, 0.3) is 28.1 Å². The molecule has 3 heterocycles. The summed E-state index contributed by atoms with van der Waals surface area (Å²) in [6, 6.07) is 17.5. The minimum atomic E-state index is 1.05. The molecule has 1 saturated heterocycles. The molecule has 4 aromatic rings. The molecule has 4 nitrogen and oxygen atoms in total. The van der Waals surface area contributed by atoms with Gasteiger partial charge in [0.1, 0.15) is 22.9 Å². The SMILES string of the molecule is Cc1ccc(-c2c[n+]3c4ccccc4[nH]c3n2CCC[NH+]2CCCC2)cc1. The van der Waals surface area contributed by atoms with Crippen LogP contribution in [0.4, 0.5) is 0 Å². The number of hydrogen-bond donors (Lipinski definition) is 2. The number of rotatable bonds is 5. The molecule has 2 aromatic heterocycles. The van der Waals surface area contributed by atoms with Gasteiger partial charge in [-0.3, -0.25) is 0 Å². The van der Waals surface area contributed by atoms with Gasteiger partial charge in [-0.25, -0.2) is 9.55 Å². The van der Waals surface area contributed by atoms with Crippen molar-refractivity contribution in [1.82, 2.24) is 9.55 Å². The van der Waals surface area contributed by atoms with E-state index in [0.717, 1.165) is 6.54 Å². The number of para-hydroxylation sites is 2. The van der Waals surface area contributed by atoms with E-state index in [4.69, 9.17) is 0 Å². The lowest BCUT2D eigenvalue weighted by molar-refractivity contribution is -0.887. The molecule has 0 unspecified atom stereocenters. The molecule has 27 heavy (non-hydrogen) atoms. The summed E-state index contributed by atoms with van der Waals surface area (Å²) in [4.78, 5) is 5.42. The lowest BCUT2D eigenvalue weighted by Crippen LogP contribution is -3.10. The summed E-state index contributed by atoms with van der Waals surface area (Å²) in [6.07, 6.45) is 6.31. The number of benzene rings is 2. The lowest BCUT2D eigenvalue weighted by Gasteiger charge is -2.11. The molecule has 0 amide bonds. The fourth-order valence-corrected chi connectivity index (χ4v) is 4.51. The van der Waals surface area contributed by atoms with Gasteiger partial charge in [0.25, 0.3) is 0 Å². The third-order valence-electron chi connectivity index (χ3n) is 6.01. The summed E-state index contributed by atoms with van der Waals surface area (Å²) in [5.41, 5.74) is 6.32. The molecule has 0 saturated carbocycles. The Morgan fingerprint density at radius 3 is 2.63 bits per heavy atom. The predicted molar refractivity (Wildman–Crippen MR) is 109 cm³/mol. The number of H-pyrrole nitrogens is 1. The molecule has 138 valence electrons. The van der Waals surface area contributed by atoms with Crippen LogP contribution in [0.15, 0.2) is 54.7 Å². The summed E-state index contributed by atoms with van der Waals surface area (Å²) in [7, 11) is 0. The Hall–Kier alpha value is -2.59. The van der Waals surface area contributed by atoms with Crippen LogP contribution in [0.1, 0.15) is 24.8 Å². The summed E-state index contributed by atoms with van der Waals surface area (Å²) in [6.45, 7) is 7.18. The molecule has 0 atom stereocenters. The second kappa shape index (κ2) is 6.86. The monoisotopic (exact) mass is 360 g/mol. The van der Waals surface area contributed by atoms with Crippen molar-refractivity contribution in [3.63, 3.8) is 0 Å². The Kier molecular flexibility index (Phi) is 4.21. The first-order valence-electron chi connectivity index (χ1n) is 10.2. The van der Waals surface area contributed by atoms with E-state index < -0.39 is 0 Å². The number of imidazole rings is 2. The molecule has 2 aromatic carbocycles. The summed E-state index contributed by atoms with van der Waals surface area (Å²) >= 11 is 0. The number of aryl methyl sites for hydroxylation is 2. The maximum atomic E-state index is 3.65. The maximum absolute atomic E-state index is 3.65. The van der Waals surface area contributed by atoms with Crippen LogP contribution in [-0.2, 0) is 6.54 Å². The van der Waals surface area contributed by atoms with Crippen molar-refractivity contribution in [2.45, 2.75) is 32.7 Å². The van der Waals surface area contributed by atoms with Crippen LogP contribution >= 0.6 is 0 Å². The molecule has 5 rings (SSSR count). The molecular formula is C23H28N4+2. The van der Waals surface area contributed by atoms with Crippen molar-refractivity contribution < 1.29 is 9.30 Å². The van der Waals surface area contributed by atoms with Crippen LogP contribution in [0.3, 0.4) is 0 Å². The predicted octanol–water partition coefficient (Wildman–Crippen LogP) is 2.75. The average Bonchev–Trinajstić information content (AvgIpc) is 3.39. The van der Waals surface area contributed by atoms with Crippen molar-refractivity contribution >= 4 is 16.8 Å². The van der Waals surface area contributed by atoms with Crippen molar-refractivity contribution in [3.05, 3.63) is 60.3 Å². The van der Waals surface area contributed by atoms with E-state index in [2.05, 4.69) is 75.6 Å². The Balaban J connectivity index is 1.55. The zero-order valence-corrected chi connectivity index (χ0v) is 16.0. The minimum absolute atomic E-state index is 1.05. The number of likely N-dealkylation sites (tertiary alicyclic amines) is 1. The van der Waals surface area contributed by atoms with E-state index in [1.54, 1.807) is 4.90 Å².